The summed E-state index contributed by atoms with van der Waals surface area (Å²) in [4.78, 5) is 9.97. The van der Waals surface area contributed by atoms with E-state index in [2.05, 4.69) is 0 Å². The Bertz CT molecular complexity index is 599. The lowest BCUT2D eigenvalue weighted by Crippen LogP contribution is -2.05. The predicted molar refractivity (Wildman–Crippen MR) is 63.3 cm³/mol. The Balaban J connectivity index is 3.30. The van der Waals surface area contributed by atoms with E-state index in [-0.39, 0.29) is 21.8 Å². The highest BCUT2D eigenvalue weighted by atomic mass is 35.5. The van der Waals surface area contributed by atoms with E-state index in [1.54, 1.807) is 6.07 Å². The lowest BCUT2D eigenvalue weighted by Gasteiger charge is -2.02. The maximum Gasteiger partial charge on any atom is 0.270 e. The largest absolute Gasteiger partial charge is 0.373 e. The predicted octanol–water partition coefficient (Wildman–Crippen LogP) is 2.04. The van der Waals surface area contributed by atoms with Gasteiger partial charge in [-0.15, -0.1) is 0 Å². The molecule has 1 aromatic carbocycles. The normalized spacial score (nSPS) is 12.3. The van der Waals surface area contributed by atoms with Crippen molar-refractivity contribution in [1.29, 1.82) is 10.5 Å². The monoisotopic (exact) mass is 263 g/mol. The summed E-state index contributed by atoms with van der Waals surface area (Å²) < 4.78 is 0. The van der Waals surface area contributed by atoms with Crippen molar-refractivity contribution >= 4 is 23.4 Å². The second-order valence-electron chi connectivity index (χ2n) is 3.21. The first-order chi connectivity index (χ1) is 8.49. The number of nitrogens with zero attached hydrogens (tertiary/aromatic N) is 3. The molecule has 7 heteroatoms. The average Bonchev–Trinajstić information content (AvgIpc) is 2.36. The third kappa shape index (κ3) is 3.05. The number of aliphatic hydroxyl groups is 1. The highest BCUT2D eigenvalue weighted by Crippen LogP contribution is 2.24. The second-order valence-corrected chi connectivity index (χ2v) is 3.61. The molecule has 0 fully saturated rings. The number of hydrogen-bond donors (Lipinski definition) is 1. The van der Waals surface area contributed by atoms with Gasteiger partial charge in [0.15, 0.2) is 6.10 Å². The Kier molecular flexibility index (Phi) is 4.39. The second kappa shape index (κ2) is 5.78. The van der Waals surface area contributed by atoms with Gasteiger partial charge in [-0.05, 0) is 12.1 Å². The van der Waals surface area contributed by atoms with E-state index in [1.165, 1.54) is 18.2 Å². The molecular formula is C11H6ClN3O3. The summed E-state index contributed by atoms with van der Waals surface area (Å²) in [5.74, 6) is 0. The summed E-state index contributed by atoms with van der Waals surface area (Å²) in [6.07, 6.45) is -0.450. The van der Waals surface area contributed by atoms with Crippen LogP contribution in [0, 0.1) is 32.8 Å². The molecule has 0 amide bonds. The van der Waals surface area contributed by atoms with Crippen molar-refractivity contribution in [3.63, 3.8) is 0 Å². The van der Waals surface area contributed by atoms with Gasteiger partial charge in [-0.3, -0.25) is 10.1 Å². The van der Waals surface area contributed by atoms with Gasteiger partial charge in [0.25, 0.3) is 5.69 Å². The van der Waals surface area contributed by atoms with Crippen LogP contribution < -0.4 is 0 Å². The summed E-state index contributed by atoms with van der Waals surface area (Å²) in [5.41, 5.74) is -0.244. The quantitative estimate of drug-likeness (QED) is 0.388. The molecule has 1 N–H and O–H groups in total. The molecule has 18 heavy (non-hydrogen) atoms. The molecule has 0 aliphatic heterocycles. The topological polar surface area (TPSA) is 111 Å². The fourth-order valence-corrected chi connectivity index (χ4v) is 1.34. The summed E-state index contributed by atoms with van der Waals surface area (Å²) in [7, 11) is 0. The molecule has 0 saturated heterocycles. The number of non-ortho nitro benzene ring substituents is 1. The molecule has 1 rings (SSSR count). The van der Waals surface area contributed by atoms with E-state index in [9.17, 15) is 15.2 Å². The van der Waals surface area contributed by atoms with E-state index >= 15 is 0 Å². The van der Waals surface area contributed by atoms with Crippen LogP contribution in [-0.4, -0.2) is 16.1 Å². The van der Waals surface area contributed by atoms with Gasteiger partial charge in [0, 0.05) is 22.7 Å². The van der Waals surface area contributed by atoms with Crippen molar-refractivity contribution in [3.8, 4) is 12.1 Å². The number of halogens is 1. The van der Waals surface area contributed by atoms with Crippen molar-refractivity contribution in [1.82, 2.24) is 0 Å². The van der Waals surface area contributed by atoms with E-state index in [0.717, 1.165) is 12.1 Å². The van der Waals surface area contributed by atoms with Gasteiger partial charge in [-0.25, -0.2) is 0 Å². The number of nitro groups is 1. The molecule has 0 aromatic heterocycles. The first-order valence-corrected chi connectivity index (χ1v) is 5.00. The third-order valence-corrected chi connectivity index (χ3v) is 2.39. The summed E-state index contributed by atoms with van der Waals surface area (Å²) >= 11 is 5.81. The lowest BCUT2D eigenvalue weighted by molar-refractivity contribution is -0.384. The maximum absolute atomic E-state index is 10.6. The molecule has 0 heterocycles. The zero-order valence-electron chi connectivity index (χ0n) is 8.87. The Labute approximate surface area is 107 Å². The van der Waals surface area contributed by atoms with Gasteiger partial charge in [0.05, 0.1) is 22.6 Å². The minimum absolute atomic E-state index is 0.179. The van der Waals surface area contributed by atoms with Crippen LogP contribution in [0.25, 0.3) is 6.08 Å². The SMILES string of the molecule is N#CC(=Cc1cc([N+](=O)[O-])ccc1Cl)C(O)C#N. The molecular weight excluding hydrogens is 258 g/mol. The van der Waals surface area contributed by atoms with Gasteiger partial charge in [-0.2, -0.15) is 10.5 Å². The number of benzene rings is 1. The molecule has 0 spiro atoms. The fraction of sp³-hybridized carbons (Fsp3) is 0.0909. The minimum Gasteiger partial charge on any atom is -0.373 e. The fourth-order valence-electron chi connectivity index (χ4n) is 1.16. The molecule has 0 saturated carbocycles. The summed E-state index contributed by atoms with van der Waals surface area (Å²) in [6.45, 7) is 0. The molecule has 1 unspecified atom stereocenters. The molecule has 0 aliphatic carbocycles. The van der Waals surface area contributed by atoms with Crippen LogP contribution in [0.5, 0.6) is 0 Å². The number of hydrogen-bond acceptors (Lipinski definition) is 5. The molecule has 6 nitrogen and oxygen atoms in total. The minimum atomic E-state index is -1.59. The van der Waals surface area contributed by atoms with Crippen LogP contribution in [-0.2, 0) is 0 Å². The Morgan fingerprint density at radius 1 is 1.56 bits per heavy atom. The van der Waals surface area contributed by atoms with Crippen LogP contribution in [0.3, 0.4) is 0 Å². The molecule has 1 aromatic rings. The molecule has 1 atom stereocenters. The average molecular weight is 264 g/mol. The van der Waals surface area contributed by atoms with Crippen molar-refractivity contribution in [2.24, 2.45) is 0 Å². The Morgan fingerprint density at radius 3 is 2.72 bits per heavy atom. The number of aliphatic hydroxyl groups excluding tert-OH is 1. The van der Waals surface area contributed by atoms with Crippen LogP contribution in [0.4, 0.5) is 5.69 Å². The lowest BCUT2D eigenvalue weighted by atomic mass is 10.1. The van der Waals surface area contributed by atoms with Crippen LogP contribution in [0.2, 0.25) is 5.02 Å². The van der Waals surface area contributed by atoms with E-state index in [4.69, 9.17) is 22.1 Å². The summed E-state index contributed by atoms with van der Waals surface area (Å²) in [5, 5.41) is 37.2. The molecule has 0 bridgehead atoms. The first-order valence-electron chi connectivity index (χ1n) is 4.63. The number of nitro benzene ring substituents is 1. The smallest absolute Gasteiger partial charge is 0.270 e. The zero-order chi connectivity index (χ0) is 13.7. The summed E-state index contributed by atoms with van der Waals surface area (Å²) in [6, 6.07) is 6.79. The van der Waals surface area contributed by atoms with Crippen LogP contribution in [0.15, 0.2) is 23.8 Å². The third-order valence-electron chi connectivity index (χ3n) is 2.05. The first kappa shape index (κ1) is 13.7. The van der Waals surface area contributed by atoms with Crippen molar-refractivity contribution in [3.05, 3.63) is 44.5 Å². The van der Waals surface area contributed by atoms with Gasteiger partial charge in [0.1, 0.15) is 0 Å². The zero-order valence-corrected chi connectivity index (χ0v) is 9.63. The Hall–Kier alpha value is -2.41. The van der Waals surface area contributed by atoms with Crippen molar-refractivity contribution < 1.29 is 10.0 Å². The highest BCUT2D eigenvalue weighted by Gasteiger charge is 2.12. The van der Waals surface area contributed by atoms with Gasteiger partial charge < -0.3 is 5.11 Å². The highest BCUT2D eigenvalue weighted by molar-refractivity contribution is 6.32. The van der Waals surface area contributed by atoms with Crippen LogP contribution >= 0.6 is 11.6 Å². The van der Waals surface area contributed by atoms with E-state index < -0.39 is 11.0 Å². The van der Waals surface area contributed by atoms with Gasteiger partial charge in [0.2, 0.25) is 0 Å². The standard InChI is InChI=1S/C11H6ClN3O3/c12-10-2-1-9(15(17)18)4-7(10)3-8(5-13)11(16)6-14/h1-4,11,16H. The van der Waals surface area contributed by atoms with Crippen molar-refractivity contribution in [2.45, 2.75) is 6.10 Å². The van der Waals surface area contributed by atoms with E-state index in [0.29, 0.717) is 0 Å². The molecule has 0 radical (unpaired) electrons. The van der Waals surface area contributed by atoms with Crippen LogP contribution in [0.1, 0.15) is 5.56 Å². The maximum atomic E-state index is 10.6. The number of nitriles is 2. The Morgan fingerprint density at radius 2 is 2.22 bits per heavy atom. The van der Waals surface area contributed by atoms with Crippen molar-refractivity contribution in [2.75, 3.05) is 0 Å². The molecule has 90 valence electrons. The van der Waals surface area contributed by atoms with Gasteiger partial charge in [-0.1, -0.05) is 11.6 Å². The van der Waals surface area contributed by atoms with Gasteiger partial charge >= 0.3 is 0 Å². The number of rotatable bonds is 3. The molecule has 0 aliphatic rings. The van der Waals surface area contributed by atoms with E-state index in [1.807, 2.05) is 0 Å².